The van der Waals surface area contributed by atoms with Crippen LogP contribution in [0.15, 0.2) is 53.9 Å². The molecule has 2 rings (SSSR count). The van der Waals surface area contributed by atoms with Crippen molar-refractivity contribution in [3.63, 3.8) is 0 Å². The first-order valence-electron chi connectivity index (χ1n) is 6.58. The molecule has 0 bridgehead atoms. The van der Waals surface area contributed by atoms with Gasteiger partial charge in [0.25, 0.3) is 0 Å². The molecule has 0 saturated carbocycles. The number of hydrogen-bond donors (Lipinski definition) is 1. The molecule has 22 heavy (non-hydrogen) atoms. The van der Waals surface area contributed by atoms with E-state index < -0.39 is 16.1 Å². The fourth-order valence-corrected chi connectivity index (χ4v) is 3.54. The number of halogens is 2. The molecule has 0 radical (unpaired) electrons. The highest BCUT2D eigenvalue weighted by Gasteiger charge is 2.15. The summed E-state index contributed by atoms with van der Waals surface area (Å²) in [6.45, 7) is 1.73. The van der Waals surface area contributed by atoms with E-state index in [0.29, 0.717) is 15.6 Å². The molecular weight excluding hydrogens is 341 g/mol. The second-order valence-electron chi connectivity index (χ2n) is 4.76. The van der Waals surface area contributed by atoms with Gasteiger partial charge in [0.05, 0.1) is 0 Å². The number of nitrogens with one attached hydrogen (secondary N) is 1. The van der Waals surface area contributed by atoms with E-state index in [9.17, 15) is 8.42 Å². The molecule has 1 unspecified atom stereocenters. The smallest absolute Gasteiger partial charge is 0.208 e. The van der Waals surface area contributed by atoms with Gasteiger partial charge in [-0.05, 0) is 36.3 Å². The molecule has 0 aliphatic carbocycles. The Hall–Kier alpha value is -1.33. The van der Waals surface area contributed by atoms with Crippen LogP contribution in [0.4, 0.5) is 0 Å². The van der Waals surface area contributed by atoms with Crippen LogP contribution >= 0.6 is 23.2 Å². The highest BCUT2D eigenvalue weighted by Crippen LogP contribution is 2.26. The highest BCUT2D eigenvalue weighted by molar-refractivity contribution is 7.92. The van der Waals surface area contributed by atoms with Crippen LogP contribution in [0.3, 0.4) is 0 Å². The maximum absolute atomic E-state index is 12.1. The van der Waals surface area contributed by atoms with Crippen LogP contribution < -0.4 is 4.72 Å². The largest absolute Gasteiger partial charge is 0.234 e. The topological polar surface area (TPSA) is 46.2 Å². The Labute approximate surface area is 140 Å². The van der Waals surface area contributed by atoms with Crippen molar-refractivity contribution in [3.05, 3.63) is 75.1 Å². The molecule has 0 fully saturated rings. The minimum Gasteiger partial charge on any atom is -0.208 e. The Balaban J connectivity index is 2.13. The van der Waals surface area contributed by atoms with E-state index in [1.807, 2.05) is 30.3 Å². The number of hydrogen-bond acceptors (Lipinski definition) is 2. The molecule has 0 spiro atoms. The lowest BCUT2D eigenvalue weighted by Gasteiger charge is -2.14. The van der Waals surface area contributed by atoms with E-state index in [2.05, 4.69) is 4.72 Å². The Bertz CT molecular complexity index is 774. The molecule has 0 aromatic heterocycles. The second kappa shape index (κ2) is 7.29. The van der Waals surface area contributed by atoms with Gasteiger partial charge >= 0.3 is 0 Å². The van der Waals surface area contributed by atoms with Crippen molar-refractivity contribution < 1.29 is 8.42 Å². The Morgan fingerprint density at radius 3 is 2.41 bits per heavy atom. The summed E-state index contributed by atoms with van der Waals surface area (Å²) in [5, 5.41) is 2.07. The van der Waals surface area contributed by atoms with E-state index in [0.717, 1.165) is 11.0 Å². The van der Waals surface area contributed by atoms with E-state index in [-0.39, 0.29) is 0 Å². The van der Waals surface area contributed by atoms with Gasteiger partial charge < -0.3 is 0 Å². The van der Waals surface area contributed by atoms with E-state index in [4.69, 9.17) is 23.2 Å². The average molecular weight is 356 g/mol. The molecule has 0 aliphatic heterocycles. The fourth-order valence-electron chi connectivity index (χ4n) is 1.93. The van der Waals surface area contributed by atoms with Crippen LogP contribution in [0.5, 0.6) is 0 Å². The monoisotopic (exact) mass is 355 g/mol. The first-order chi connectivity index (χ1) is 10.4. The standard InChI is InChI=1S/C16H15Cl2NO2S/c1-12(15-8-7-14(17)11-16(15)18)19-22(20,21)10-9-13-5-3-2-4-6-13/h2-12,19H,1H3. The highest BCUT2D eigenvalue weighted by atomic mass is 35.5. The van der Waals surface area contributed by atoms with Crippen molar-refractivity contribution in [2.45, 2.75) is 13.0 Å². The minimum absolute atomic E-state index is 0.426. The van der Waals surface area contributed by atoms with Crippen LogP contribution in [-0.4, -0.2) is 8.42 Å². The van der Waals surface area contributed by atoms with Gasteiger partial charge in [0.1, 0.15) is 0 Å². The zero-order valence-electron chi connectivity index (χ0n) is 11.8. The van der Waals surface area contributed by atoms with Gasteiger partial charge in [-0.15, -0.1) is 0 Å². The summed E-state index contributed by atoms with van der Waals surface area (Å²) < 4.78 is 26.8. The van der Waals surface area contributed by atoms with E-state index in [1.165, 1.54) is 0 Å². The Morgan fingerprint density at radius 2 is 1.77 bits per heavy atom. The van der Waals surface area contributed by atoms with E-state index >= 15 is 0 Å². The zero-order chi connectivity index (χ0) is 16.2. The lowest BCUT2D eigenvalue weighted by Crippen LogP contribution is -2.24. The van der Waals surface area contributed by atoms with Crippen molar-refractivity contribution >= 4 is 39.3 Å². The van der Waals surface area contributed by atoms with Gasteiger partial charge in [0, 0.05) is 21.5 Å². The van der Waals surface area contributed by atoms with Crippen molar-refractivity contribution in [2.24, 2.45) is 0 Å². The summed E-state index contributed by atoms with van der Waals surface area (Å²) in [6, 6.07) is 13.7. The molecular formula is C16H15Cl2NO2S. The van der Waals surface area contributed by atoms with Crippen LogP contribution in [-0.2, 0) is 10.0 Å². The molecule has 1 atom stereocenters. The average Bonchev–Trinajstić information content (AvgIpc) is 2.45. The summed E-state index contributed by atoms with van der Waals surface area (Å²) in [7, 11) is -3.58. The van der Waals surface area contributed by atoms with Gasteiger partial charge in [0.2, 0.25) is 10.0 Å². The summed E-state index contributed by atoms with van der Waals surface area (Å²) in [6.07, 6.45) is 1.54. The Morgan fingerprint density at radius 1 is 1.09 bits per heavy atom. The zero-order valence-corrected chi connectivity index (χ0v) is 14.2. The second-order valence-corrected chi connectivity index (χ2v) is 7.21. The summed E-state index contributed by atoms with van der Waals surface area (Å²) in [4.78, 5) is 0. The lowest BCUT2D eigenvalue weighted by atomic mass is 10.1. The third-order valence-electron chi connectivity index (χ3n) is 3.01. The minimum atomic E-state index is -3.58. The van der Waals surface area contributed by atoms with Gasteiger partial charge in [0.15, 0.2) is 0 Å². The third kappa shape index (κ3) is 4.85. The maximum atomic E-state index is 12.1. The third-order valence-corrected chi connectivity index (χ3v) is 4.75. The molecule has 1 N–H and O–H groups in total. The molecule has 0 aliphatic rings. The summed E-state index contributed by atoms with van der Waals surface area (Å²) in [5.74, 6) is 0. The number of benzene rings is 2. The van der Waals surface area contributed by atoms with Crippen molar-refractivity contribution in [1.29, 1.82) is 0 Å². The lowest BCUT2D eigenvalue weighted by molar-refractivity contribution is 0.576. The van der Waals surface area contributed by atoms with Crippen molar-refractivity contribution in [1.82, 2.24) is 4.72 Å². The molecule has 2 aromatic carbocycles. The molecule has 3 nitrogen and oxygen atoms in total. The number of rotatable bonds is 5. The molecule has 0 heterocycles. The predicted molar refractivity (Wildman–Crippen MR) is 92.4 cm³/mol. The van der Waals surface area contributed by atoms with Crippen molar-refractivity contribution in [3.8, 4) is 0 Å². The quantitative estimate of drug-likeness (QED) is 0.848. The maximum Gasteiger partial charge on any atom is 0.234 e. The molecule has 2 aromatic rings. The molecule has 6 heteroatoms. The van der Waals surface area contributed by atoms with Gasteiger partial charge in [-0.1, -0.05) is 59.6 Å². The predicted octanol–water partition coefficient (Wildman–Crippen LogP) is 4.64. The fraction of sp³-hybridized carbons (Fsp3) is 0.125. The Kier molecular flexibility index (Phi) is 5.64. The van der Waals surface area contributed by atoms with Crippen LogP contribution in [0.2, 0.25) is 10.0 Å². The SMILES string of the molecule is CC(NS(=O)(=O)C=Cc1ccccc1)c1ccc(Cl)cc1Cl. The summed E-state index contributed by atoms with van der Waals surface area (Å²) in [5.41, 5.74) is 1.48. The van der Waals surface area contributed by atoms with Crippen LogP contribution in [0, 0.1) is 0 Å². The van der Waals surface area contributed by atoms with Crippen LogP contribution in [0.25, 0.3) is 6.08 Å². The first-order valence-corrected chi connectivity index (χ1v) is 8.88. The first kappa shape index (κ1) is 17.0. The van der Waals surface area contributed by atoms with Gasteiger partial charge in [-0.2, -0.15) is 0 Å². The van der Waals surface area contributed by atoms with Crippen LogP contribution in [0.1, 0.15) is 24.1 Å². The summed E-state index contributed by atoms with van der Waals surface area (Å²) >= 11 is 11.9. The van der Waals surface area contributed by atoms with Gasteiger partial charge in [-0.3, -0.25) is 0 Å². The molecule has 116 valence electrons. The van der Waals surface area contributed by atoms with Crippen molar-refractivity contribution in [2.75, 3.05) is 0 Å². The van der Waals surface area contributed by atoms with Gasteiger partial charge in [-0.25, -0.2) is 13.1 Å². The molecule has 0 amide bonds. The van der Waals surface area contributed by atoms with E-state index in [1.54, 1.807) is 31.2 Å². The number of sulfonamides is 1. The normalized spacial score (nSPS) is 13.4. The molecule has 0 saturated heterocycles.